The van der Waals surface area contributed by atoms with Gasteiger partial charge in [-0.1, -0.05) is 12.8 Å². The first-order chi connectivity index (χ1) is 8.36. The Bertz CT molecular complexity index is 359. The summed E-state index contributed by atoms with van der Waals surface area (Å²) in [6.07, 6.45) is 5.81. The minimum absolute atomic E-state index is 0.0660. The fourth-order valence-corrected chi connectivity index (χ4v) is 2.90. The molecule has 0 spiro atoms. The third-order valence-electron chi connectivity index (χ3n) is 4.35. The van der Waals surface area contributed by atoms with E-state index in [1.807, 2.05) is 0 Å². The molecule has 2 fully saturated rings. The largest absolute Gasteiger partial charge is 0.480 e. The zero-order valence-corrected chi connectivity index (χ0v) is 10.9. The molecule has 1 atom stereocenters. The molecule has 0 saturated heterocycles. The maximum absolute atomic E-state index is 12.0. The molecule has 0 aromatic heterocycles. The van der Waals surface area contributed by atoms with Gasteiger partial charge in [-0.2, -0.15) is 0 Å². The SMILES string of the molecule is CC(NC(=O)CC1(N)CCCC1)(C(=O)O)C1CC1. The molecule has 2 aliphatic rings. The van der Waals surface area contributed by atoms with Crippen molar-refractivity contribution >= 4 is 11.9 Å². The highest BCUT2D eigenvalue weighted by molar-refractivity contribution is 5.87. The first-order valence-electron chi connectivity index (χ1n) is 6.69. The molecule has 0 aromatic carbocycles. The van der Waals surface area contributed by atoms with E-state index in [0.29, 0.717) is 0 Å². The minimum atomic E-state index is -1.12. The molecule has 0 radical (unpaired) electrons. The van der Waals surface area contributed by atoms with Crippen molar-refractivity contribution in [3.05, 3.63) is 0 Å². The fraction of sp³-hybridized carbons (Fsp3) is 0.846. The zero-order chi connectivity index (χ0) is 13.4. The number of carbonyl (C=O) groups excluding carboxylic acids is 1. The van der Waals surface area contributed by atoms with Gasteiger partial charge in [0.2, 0.25) is 5.91 Å². The topological polar surface area (TPSA) is 92.4 Å². The van der Waals surface area contributed by atoms with E-state index in [4.69, 9.17) is 5.73 Å². The zero-order valence-electron chi connectivity index (χ0n) is 10.9. The van der Waals surface area contributed by atoms with E-state index in [9.17, 15) is 14.7 Å². The number of carbonyl (C=O) groups is 2. The Labute approximate surface area is 107 Å². The molecule has 0 bridgehead atoms. The summed E-state index contributed by atoms with van der Waals surface area (Å²) in [7, 11) is 0. The maximum Gasteiger partial charge on any atom is 0.329 e. The van der Waals surface area contributed by atoms with Crippen LogP contribution in [0.4, 0.5) is 0 Å². The summed E-state index contributed by atoms with van der Waals surface area (Å²) in [6.45, 7) is 1.60. The van der Waals surface area contributed by atoms with E-state index in [-0.39, 0.29) is 18.2 Å². The quantitative estimate of drug-likeness (QED) is 0.683. The lowest BCUT2D eigenvalue weighted by Gasteiger charge is -2.29. The van der Waals surface area contributed by atoms with Crippen LogP contribution in [0.3, 0.4) is 0 Å². The molecule has 18 heavy (non-hydrogen) atoms. The van der Waals surface area contributed by atoms with Crippen molar-refractivity contribution < 1.29 is 14.7 Å². The minimum Gasteiger partial charge on any atom is -0.480 e. The summed E-state index contributed by atoms with van der Waals surface area (Å²) in [5, 5.41) is 12.0. The molecular weight excluding hydrogens is 232 g/mol. The lowest BCUT2D eigenvalue weighted by molar-refractivity contribution is -0.148. The van der Waals surface area contributed by atoms with Gasteiger partial charge in [-0.25, -0.2) is 4.79 Å². The number of hydrogen-bond acceptors (Lipinski definition) is 3. The highest BCUT2D eigenvalue weighted by atomic mass is 16.4. The molecule has 2 aliphatic carbocycles. The molecule has 5 nitrogen and oxygen atoms in total. The van der Waals surface area contributed by atoms with Crippen LogP contribution in [0.15, 0.2) is 0 Å². The fourth-order valence-electron chi connectivity index (χ4n) is 2.90. The van der Waals surface area contributed by atoms with Gasteiger partial charge in [-0.05, 0) is 38.5 Å². The number of aliphatic carboxylic acids is 1. The molecule has 5 heteroatoms. The van der Waals surface area contributed by atoms with Gasteiger partial charge in [-0.15, -0.1) is 0 Å². The van der Waals surface area contributed by atoms with Crippen molar-refractivity contribution in [1.82, 2.24) is 5.32 Å². The third kappa shape index (κ3) is 2.66. The average molecular weight is 254 g/mol. The highest BCUT2D eigenvalue weighted by Gasteiger charge is 2.49. The van der Waals surface area contributed by atoms with Crippen molar-refractivity contribution in [2.75, 3.05) is 0 Å². The van der Waals surface area contributed by atoms with Gasteiger partial charge in [0.15, 0.2) is 0 Å². The summed E-state index contributed by atoms with van der Waals surface area (Å²) in [5.41, 5.74) is 4.60. The van der Waals surface area contributed by atoms with Crippen LogP contribution < -0.4 is 11.1 Å². The van der Waals surface area contributed by atoms with Crippen LogP contribution >= 0.6 is 0 Å². The Kier molecular flexibility index (Phi) is 3.36. The van der Waals surface area contributed by atoms with Crippen LogP contribution in [0.1, 0.15) is 51.9 Å². The molecule has 0 aliphatic heterocycles. The molecule has 0 aromatic rings. The van der Waals surface area contributed by atoms with Crippen LogP contribution in [0.2, 0.25) is 0 Å². The smallest absolute Gasteiger partial charge is 0.329 e. The van der Waals surface area contributed by atoms with Crippen molar-refractivity contribution in [1.29, 1.82) is 0 Å². The van der Waals surface area contributed by atoms with Gasteiger partial charge in [0.05, 0.1) is 0 Å². The van der Waals surface area contributed by atoms with Crippen LogP contribution in [0.5, 0.6) is 0 Å². The standard InChI is InChI=1S/C13H22N2O3/c1-12(11(17)18,9-4-5-9)15-10(16)8-13(14)6-2-3-7-13/h9H,2-8,14H2,1H3,(H,15,16)(H,17,18). The molecule has 0 heterocycles. The van der Waals surface area contributed by atoms with Crippen molar-refractivity contribution in [2.45, 2.75) is 62.9 Å². The van der Waals surface area contributed by atoms with Gasteiger partial charge in [0.1, 0.15) is 5.54 Å². The predicted molar refractivity (Wildman–Crippen MR) is 66.9 cm³/mol. The molecule has 2 rings (SSSR count). The summed E-state index contributed by atoms with van der Waals surface area (Å²) < 4.78 is 0. The average Bonchev–Trinajstić information content (AvgIpc) is 3.02. The predicted octanol–water partition coefficient (Wildman–Crippen LogP) is 1.02. The van der Waals surface area contributed by atoms with Crippen LogP contribution in [-0.2, 0) is 9.59 Å². The summed E-state index contributed by atoms with van der Waals surface area (Å²) in [4.78, 5) is 23.3. The van der Waals surface area contributed by atoms with Crippen LogP contribution in [0, 0.1) is 5.92 Å². The second kappa shape index (κ2) is 4.53. The Morgan fingerprint density at radius 1 is 1.39 bits per heavy atom. The number of carboxylic acids is 1. The lowest BCUT2D eigenvalue weighted by atomic mass is 9.91. The number of nitrogens with two attached hydrogens (primary N) is 1. The van der Waals surface area contributed by atoms with Crippen molar-refractivity contribution in [3.63, 3.8) is 0 Å². The monoisotopic (exact) mass is 254 g/mol. The van der Waals surface area contributed by atoms with E-state index in [1.165, 1.54) is 0 Å². The van der Waals surface area contributed by atoms with E-state index in [2.05, 4.69) is 5.32 Å². The summed E-state index contributed by atoms with van der Waals surface area (Å²) in [6, 6.07) is 0. The van der Waals surface area contributed by atoms with Gasteiger partial charge in [0, 0.05) is 12.0 Å². The highest BCUT2D eigenvalue weighted by Crippen LogP contribution is 2.40. The Morgan fingerprint density at radius 3 is 2.39 bits per heavy atom. The number of amides is 1. The van der Waals surface area contributed by atoms with E-state index < -0.39 is 17.0 Å². The lowest BCUT2D eigenvalue weighted by Crippen LogP contribution is -2.56. The third-order valence-corrected chi connectivity index (χ3v) is 4.35. The van der Waals surface area contributed by atoms with E-state index in [0.717, 1.165) is 38.5 Å². The van der Waals surface area contributed by atoms with Crippen molar-refractivity contribution in [2.24, 2.45) is 11.7 Å². The van der Waals surface area contributed by atoms with Gasteiger partial charge in [-0.3, -0.25) is 4.79 Å². The van der Waals surface area contributed by atoms with E-state index >= 15 is 0 Å². The van der Waals surface area contributed by atoms with Crippen LogP contribution in [0.25, 0.3) is 0 Å². The molecule has 1 amide bonds. The molecule has 4 N–H and O–H groups in total. The molecule has 1 unspecified atom stereocenters. The van der Waals surface area contributed by atoms with E-state index in [1.54, 1.807) is 6.92 Å². The van der Waals surface area contributed by atoms with Gasteiger partial charge >= 0.3 is 5.97 Å². The maximum atomic E-state index is 12.0. The van der Waals surface area contributed by atoms with Crippen molar-refractivity contribution in [3.8, 4) is 0 Å². The number of nitrogens with one attached hydrogen (secondary N) is 1. The number of carboxylic acid groups (broad SMARTS) is 1. The first kappa shape index (κ1) is 13.3. The molecule has 102 valence electrons. The van der Waals surface area contributed by atoms with Gasteiger partial charge < -0.3 is 16.2 Å². The van der Waals surface area contributed by atoms with Gasteiger partial charge in [0.25, 0.3) is 0 Å². The first-order valence-corrected chi connectivity index (χ1v) is 6.69. The van der Waals surface area contributed by atoms with Crippen LogP contribution in [-0.4, -0.2) is 28.1 Å². The Morgan fingerprint density at radius 2 is 1.94 bits per heavy atom. The number of rotatable bonds is 5. The summed E-state index contributed by atoms with van der Waals surface area (Å²) >= 11 is 0. The second-order valence-corrected chi connectivity index (χ2v) is 6.08. The normalized spacial score (nSPS) is 25.4. The second-order valence-electron chi connectivity index (χ2n) is 6.08. The Balaban J connectivity index is 1.95. The Hall–Kier alpha value is -1.10. The molecular formula is C13H22N2O3. The molecule has 2 saturated carbocycles. The summed E-state index contributed by atoms with van der Waals surface area (Å²) in [5.74, 6) is -1.11. The number of hydrogen-bond donors (Lipinski definition) is 3.